The van der Waals surface area contributed by atoms with Gasteiger partial charge in [-0.3, -0.25) is 9.80 Å². The van der Waals surface area contributed by atoms with Crippen LogP contribution in [-0.2, 0) is 6.54 Å². The van der Waals surface area contributed by atoms with Crippen LogP contribution in [0.1, 0.15) is 12.7 Å². The molecule has 40 heavy (non-hydrogen) atoms. The average Bonchev–Trinajstić information content (AvgIpc) is 3.59. The fourth-order valence-corrected chi connectivity index (χ4v) is 5.16. The molecule has 1 unspecified atom stereocenters. The van der Waals surface area contributed by atoms with Gasteiger partial charge >= 0.3 is 0 Å². The van der Waals surface area contributed by atoms with E-state index in [0.717, 1.165) is 24.4 Å². The van der Waals surface area contributed by atoms with Gasteiger partial charge in [-0.1, -0.05) is 41.0 Å². The van der Waals surface area contributed by atoms with Crippen LogP contribution in [0.25, 0.3) is 33.8 Å². The van der Waals surface area contributed by atoms with E-state index in [-0.39, 0.29) is 5.82 Å². The summed E-state index contributed by atoms with van der Waals surface area (Å²) < 4.78 is 31.3. The predicted octanol–water partition coefficient (Wildman–Crippen LogP) is 5.85. The molecule has 2 atom stereocenters. The van der Waals surface area contributed by atoms with E-state index < -0.39 is 12.3 Å². The van der Waals surface area contributed by atoms with E-state index >= 15 is 0 Å². The third-order valence-electron chi connectivity index (χ3n) is 6.96. The van der Waals surface area contributed by atoms with Crippen molar-refractivity contribution >= 4 is 22.7 Å². The number of hydrogen-bond donors (Lipinski definition) is 1. The first-order valence-corrected chi connectivity index (χ1v) is 13.5. The Morgan fingerprint density at radius 2 is 1.85 bits per heavy atom. The topological polar surface area (TPSA) is 88.0 Å². The van der Waals surface area contributed by atoms with Gasteiger partial charge in [0.25, 0.3) is 0 Å². The molecule has 1 saturated heterocycles. The van der Waals surface area contributed by atoms with Crippen LogP contribution >= 0.6 is 11.6 Å². The first-order chi connectivity index (χ1) is 19.4. The second-order valence-corrected chi connectivity index (χ2v) is 10.3. The number of rotatable bonds is 8. The minimum atomic E-state index is -0.727. The van der Waals surface area contributed by atoms with Gasteiger partial charge in [-0.25, -0.2) is 9.37 Å². The zero-order valence-electron chi connectivity index (χ0n) is 21.8. The molecule has 3 heterocycles. The third kappa shape index (κ3) is 5.73. The number of oxazole rings is 1. The molecule has 2 aromatic heterocycles. The molecular weight excluding hydrogens is 535 g/mol. The van der Waals surface area contributed by atoms with Crippen molar-refractivity contribution < 1.29 is 23.2 Å². The highest BCUT2D eigenvalue weighted by Crippen LogP contribution is 2.29. The number of piperazine rings is 1. The Balaban J connectivity index is 1.09. The Morgan fingerprint density at radius 3 is 2.62 bits per heavy atom. The highest BCUT2D eigenvalue weighted by molar-refractivity contribution is 6.33. The number of fused-ring (bicyclic) bond motifs is 1. The number of aliphatic hydroxyl groups excluding tert-OH is 1. The van der Waals surface area contributed by atoms with Crippen LogP contribution in [-0.4, -0.2) is 63.6 Å². The number of aromatic nitrogens is 2. The Labute approximate surface area is 235 Å². The predicted molar refractivity (Wildman–Crippen MR) is 149 cm³/mol. The van der Waals surface area contributed by atoms with Crippen LogP contribution in [0.3, 0.4) is 0 Å². The number of nitrogens with zero attached hydrogens (tertiary/aromatic N) is 4. The number of hydrogen-bond acceptors (Lipinski definition) is 8. The molecule has 0 bridgehead atoms. The molecular formula is C30H28ClFN4O4. The first kappa shape index (κ1) is 26.5. The van der Waals surface area contributed by atoms with E-state index in [0.29, 0.717) is 58.7 Å². The summed E-state index contributed by atoms with van der Waals surface area (Å²) in [4.78, 5) is 8.91. The van der Waals surface area contributed by atoms with Crippen molar-refractivity contribution in [3.8, 4) is 28.5 Å². The number of aliphatic hydroxyl groups is 1. The molecule has 1 fully saturated rings. The lowest BCUT2D eigenvalue weighted by Crippen LogP contribution is -2.55. The van der Waals surface area contributed by atoms with E-state index in [2.05, 4.69) is 19.9 Å². The quantitative estimate of drug-likeness (QED) is 0.252. The maximum atomic E-state index is 13.6. The van der Waals surface area contributed by atoms with Crippen molar-refractivity contribution in [3.63, 3.8) is 0 Å². The fraction of sp³-hybridized carbons (Fsp3) is 0.267. The molecule has 10 heteroatoms. The summed E-state index contributed by atoms with van der Waals surface area (Å²) in [5.74, 6) is 1.31. The van der Waals surface area contributed by atoms with Gasteiger partial charge in [-0.15, -0.1) is 0 Å². The molecule has 5 aromatic rings. The fourth-order valence-electron chi connectivity index (χ4n) is 4.92. The molecule has 1 N–H and O–H groups in total. The molecule has 0 radical (unpaired) electrons. The second-order valence-electron chi connectivity index (χ2n) is 9.88. The highest BCUT2D eigenvalue weighted by atomic mass is 35.5. The SMILES string of the molecule is C[C@H](O)C(Oc1ccc2oc(-c3cccc(F)c3)nc2c1)N1CCN(Cc2cc(-c3ccccc3Cl)no2)CC1. The van der Waals surface area contributed by atoms with Crippen LogP contribution in [0.4, 0.5) is 4.39 Å². The lowest BCUT2D eigenvalue weighted by molar-refractivity contribution is -0.0756. The normalized spacial score (nSPS) is 16.3. The largest absolute Gasteiger partial charge is 0.472 e. The van der Waals surface area contributed by atoms with Crippen molar-refractivity contribution in [1.82, 2.24) is 19.9 Å². The average molecular weight is 563 g/mol. The van der Waals surface area contributed by atoms with Crippen molar-refractivity contribution in [2.24, 2.45) is 0 Å². The molecule has 0 aliphatic carbocycles. The monoisotopic (exact) mass is 562 g/mol. The Hall–Kier alpha value is -3.76. The Bertz CT molecular complexity index is 1610. The van der Waals surface area contributed by atoms with Crippen molar-refractivity contribution in [2.45, 2.75) is 25.8 Å². The van der Waals surface area contributed by atoms with E-state index in [1.807, 2.05) is 30.3 Å². The van der Waals surface area contributed by atoms with E-state index in [9.17, 15) is 9.50 Å². The summed E-state index contributed by atoms with van der Waals surface area (Å²) in [6.45, 7) is 5.30. The van der Waals surface area contributed by atoms with Gasteiger partial charge in [0.05, 0.1) is 11.6 Å². The lowest BCUT2D eigenvalue weighted by Gasteiger charge is -2.39. The standard InChI is InChI=1S/C30H28ClFN4O4/c1-19(37)30(38-22-9-10-28-27(16-22)33-29(39-28)20-5-4-6-21(32)15-20)36-13-11-35(12-14-36)18-23-17-26(34-40-23)24-7-2-3-8-25(24)31/h2-10,15-17,19,30,37H,11-14,18H2,1H3/t19-,30?/m0/s1. The summed E-state index contributed by atoms with van der Waals surface area (Å²) >= 11 is 6.30. The molecule has 1 aliphatic heterocycles. The zero-order chi connectivity index (χ0) is 27.6. The lowest BCUT2D eigenvalue weighted by atomic mass is 10.1. The summed E-state index contributed by atoms with van der Waals surface area (Å²) in [5.41, 5.74) is 3.28. The minimum Gasteiger partial charge on any atom is -0.472 e. The van der Waals surface area contributed by atoms with E-state index in [1.54, 1.807) is 37.3 Å². The van der Waals surface area contributed by atoms with Crippen LogP contribution in [0, 0.1) is 5.82 Å². The third-order valence-corrected chi connectivity index (χ3v) is 7.28. The van der Waals surface area contributed by atoms with Gasteiger partial charge < -0.3 is 18.8 Å². The number of ether oxygens (including phenoxy) is 1. The van der Waals surface area contributed by atoms with Crippen LogP contribution in [0.15, 0.2) is 81.7 Å². The maximum Gasteiger partial charge on any atom is 0.227 e. The van der Waals surface area contributed by atoms with Gasteiger partial charge in [0.1, 0.15) is 28.9 Å². The number of halogens is 2. The first-order valence-electron chi connectivity index (χ1n) is 13.1. The maximum absolute atomic E-state index is 13.6. The molecule has 0 saturated carbocycles. The van der Waals surface area contributed by atoms with Crippen molar-refractivity contribution in [1.29, 1.82) is 0 Å². The number of benzene rings is 3. The van der Waals surface area contributed by atoms with Crippen LogP contribution in [0.5, 0.6) is 5.75 Å². The molecule has 206 valence electrons. The van der Waals surface area contributed by atoms with Gasteiger partial charge in [-0.2, -0.15) is 0 Å². The van der Waals surface area contributed by atoms with Crippen molar-refractivity contribution in [2.75, 3.05) is 26.2 Å². The van der Waals surface area contributed by atoms with Gasteiger partial charge in [0, 0.05) is 49.4 Å². The van der Waals surface area contributed by atoms with E-state index in [4.69, 9.17) is 25.3 Å². The smallest absolute Gasteiger partial charge is 0.227 e. The second kappa shape index (κ2) is 11.4. The molecule has 8 nitrogen and oxygen atoms in total. The molecule has 0 spiro atoms. The summed E-state index contributed by atoms with van der Waals surface area (Å²) in [6.07, 6.45) is -1.26. The summed E-state index contributed by atoms with van der Waals surface area (Å²) in [7, 11) is 0. The summed E-state index contributed by atoms with van der Waals surface area (Å²) in [6, 6.07) is 20.9. The highest BCUT2D eigenvalue weighted by Gasteiger charge is 2.29. The van der Waals surface area contributed by atoms with Gasteiger partial charge in [0.15, 0.2) is 17.6 Å². The van der Waals surface area contributed by atoms with Crippen LogP contribution < -0.4 is 4.74 Å². The molecule has 0 amide bonds. The molecule has 3 aromatic carbocycles. The molecule has 1 aliphatic rings. The summed E-state index contributed by atoms with van der Waals surface area (Å²) in [5, 5.41) is 15.4. The van der Waals surface area contributed by atoms with E-state index in [1.165, 1.54) is 12.1 Å². The van der Waals surface area contributed by atoms with Crippen molar-refractivity contribution in [3.05, 3.63) is 89.4 Å². The zero-order valence-corrected chi connectivity index (χ0v) is 22.6. The van der Waals surface area contributed by atoms with Gasteiger partial charge in [-0.05, 0) is 43.3 Å². The molecule has 6 rings (SSSR count). The minimum absolute atomic E-state index is 0.334. The van der Waals surface area contributed by atoms with Gasteiger partial charge in [0.2, 0.25) is 5.89 Å². The Kier molecular flexibility index (Phi) is 7.53. The van der Waals surface area contributed by atoms with Crippen LogP contribution in [0.2, 0.25) is 5.02 Å². The Morgan fingerprint density at radius 1 is 1.02 bits per heavy atom.